The third kappa shape index (κ3) is 5.50. The molecule has 0 spiro atoms. The van der Waals surface area contributed by atoms with Crippen molar-refractivity contribution in [1.82, 2.24) is 0 Å². The van der Waals surface area contributed by atoms with Gasteiger partial charge in [0, 0.05) is 137 Å². The fraction of sp³-hybridized carbons (Fsp3) is 0. The first-order valence-electron chi connectivity index (χ1n) is 22.1. The quantitative estimate of drug-likeness (QED) is 0.169. The molecule has 0 amide bonds. The van der Waals surface area contributed by atoms with Gasteiger partial charge >= 0.3 is 0 Å². The summed E-state index contributed by atoms with van der Waals surface area (Å²) in [7, 11) is 0. The Bertz CT molecular complexity index is 4060. The molecule has 0 saturated heterocycles. The number of fused-ring (bicyclic) bond motifs is 12. The highest BCUT2D eigenvalue weighted by atomic mass is 32.1. The van der Waals surface area contributed by atoms with Crippen LogP contribution >= 0.6 is 45.3 Å². The zero-order valence-corrected chi connectivity index (χ0v) is 38.5. The molecule has 0 bridgehead atoms. The summed E-state index contributed by atoms with van der Waals surface area (Å²) in [4.78, 5) is 0. The predicted molar refractivity (Wildman–Crippen MR) is 294 cm³/mol. The van der Waals surface area contributed by atoms with Crippen molar-refractivity contribution in [1.29, 1.82) is 0 Å². The van der Waals surface area contributed by atoms with Gasteiger partial charge in [0.15, 0.2) is 0 Å². The molecule has 0 aliphatic carbocycles. The second-order valence-corrected chi connectivity index (χ2v) is 21.2. The molecule has 4 aromatic heterocycles. The molecule has 6 heteroatoms. The minimum Gasteiger partial charge on any atom is -0.399 e. The first-order chi connectivity index (χ1) is 32.6. The molecule has 0 atom stereocenters. The standard InChI is InChI=1S/C60H36N2S4/c61-34-31-29-33(30-32-34)51-52(43-21-9-17-39-35-13-1-5-25-47(35)63-57(39)43)54(45-23-11-19-41-37-15-3-7-27-49(37)65-59(41)45)56(62)55(46-24-12-20-42-38-16-4-8-28-50(38)66-60(42)46)53(51)44-22-10-18-40-36-14-2-6-26-48(36)64-58(40)44/h1-32H,61-62H2. The molecular formula is C60H36N2S4. The van der Waals surface area contributed by atoms with E-state index in [2.05, 4.69) is 194 Å². The van der Waals surface area contributed by atoms with Gasteiger partial charge < -0.3 is 11.5 Å². The lowest BCUT2D eigenvalue weighted by molar-refractivity contribution is 1.57. The summed E-state index contributed by atoms with van der Waals surface area (Å²) in [5.41, 5.74) is 27.5. The number of nitrogen functional groups attached to an aromatic ring is 2. The lowest BCUT2D eigenvalue weighted by Gasteiger charge is -2.27. The number of hydrogen-bond acceptors (Lipinski definition) is 6. The SMILES string of the molecule is Nc1ccc(-c2c(-c3cccc4c3sc3ccccc34)c(-c3cccc4c3sc3ccccc34)c(N)c(-c3cccc4c3sc3ccccc34)c2-c2cccc3c2sc2ccccc23)cc1. The molecule has 310 valence electrons. The molecule has 0 fully saturated rings. The fourth-order valence-electron chi connectivity index (χ4n) is 10.6. The Balaban J connectivity index is 1.27. The van der Waals surface area contributed by atoms with E-state index in [-0.39, 0.29) is 0 Å². The molecule has 0 radical (unpaired) electrons. The van der Waals surface area contributed by atoms with Crippen LogP contribution in [-0.4, -0.2) is 0 Å². The highest BCUT2D eigenvalue weighted by Gasteiger charge is 2.32. The number of thiophene rings is 4. The zero-order chi connectivity index (χ0) is 43.6. The molecule has 10 aromatic carbocycles. The number of nitrogens with two attached hydrogens (primary N) is 2. The van der Waals surface area contributed by atoms with Crippen LogP contribution in [0.1, 0.15) is 0 Å². The molecule has 66 heavy (non-hydrogen) atoms. The van der Waals surface area contributed by atoms with Gasteiger partial charge in [0.25, 0.3) is 0 Å². The number of anilines is 2. The normalized spacial score (nSPS) is 12.1. The van der Waals surface area contributed by atoms with E-state index in [1.54, 1.807) is 0 Å². The minimum absolute atomic E-state index is 0.723. The molecule has 4 heterocycles. The maximum absolute atomic E-state index is 8.30. The summed E-state index contributed by atoms with van der Waals surface area (Å²) in [6.45, 7) is 0. The summed E-state index contributed by atoms with van der Waals surface area (Å²) in [6, 6.07) is 71.1. The predicted octanol–water partition coefficient (Wildman–Crippen LogP) is 18.7. The Labute approximate surface area is 395 Å². The van der Waals surface area contributed by atoms with E-state index in [0.29, 0.717) is 0 Å². The molecule has 0 aliphatic heterocycles. The van der Waals surface area contributed by atoms with Gasteiger partial charge in [0.1, 0.15) is 0 Å². The Hall–Kier alpha value is -7.32. The van der Waals surface area contributed by atoms with Gasteiger partial charge in [-0.3, -0.25) is 0 Å². The molecule has 0 aliphatic rings. The van der Waals surface area contributed by atoms with Crippen molar-refractivity contribution in [2.75, 3.05) is 11.5 Å². The molecule has 2 nitrogen and oxygen atoms in total. The van der Waals surface area contributed by atoms with E-state index in [4.69, 9.17) is 11.5 Å². The number of rotatable bonds is 5. The minimum atomic E-state index is 0.723. The molecule has 0 saturated carbocycles. The van der Waals surface area contributed by atoms with Gasteiger partial charge in [-0.05, 0) is 47.5 Å². The Morgan fingerprint density at radius 3 is 0.864 bits per heavy atom. The van der Waals surface area contributed by atoms with Gasteiger partial charge in [0.2, 0.25) is 0 Å². The van der Waals surface area contributed by atoms with E-state index < -0.39 is 0 Å². The number of benzene rings is 10. The number of hydrogen-bond donors (Lipinski definition) is 2. The maximum atomic E-state index is 8.30. The van der Waals surface area contributed by atoms with E-state index in [1.165, 1.54) is 80.7 Å². The van der Waals surface area contributed by atoms with E-state index in [9.17, 15) is 0 Å². The lowest BCUT2D eigenvalue weighted by atomic mass is 9.77. The van der Waals surface area contributed by atoms with Gasteiger partial charge in [0.05, 0.1) is 0 Å². The molecular weight excluding hydrogens is 877 g/mol. The maximum Gasteiger partial charge on any atom is 0.0487 e. The smallest absolute Gasteiger partial charge is 0.0487 e. The second kappa shape index (κ2) is 14.6. The summed E-state index contributed by atoms with van der Waals surface area (Å²) in [5.74, 6) is 0. The summed E-state index contributed by atoms with van der Waals surface area (Å²) < 4.78 is 9.97. The highest BCUT2D eigenvalue weighted by Crippen LogP contribution is 2.60. The monoisotopic (exact) mass is 912 g/mol. The van der Waals surface area contributed by atoms with E-state index in [1.807, 2.05) is 45.3 Å². The van der Waals surface area contributed by atoms with Gasteiger partial charge in [-0.1, -0.05) is 158 Å². The average Bonchev–Trinajstić information content (AvgIpc) is 4.14. The van der Waals surface area contributed by atoms with Crippen molar-refractivity contribution in [3.05, 3.63) is 194 Å². The van der Waals surface area contributed by atoms with Crippen LogP contribution in [0.4, 0.5) is 11.4 Å². The van der Waals surface area contributed by atoms with Crippen molar-refractivity contribution >= 4 is 137 Å². The Morgan fingerprint density at radius 1 is 0.242 bits per heavy atom. The second-order valence-electron chi connectivity index (χ2n) is 17.0. The molecule has 14 aromatic rings. The Kier molecular flexibility index (Phi) is 8.40. The van der Waals surface area contributed by atoms with Crippen molar-refractivity contribution in [2.45, 2.75) is 0 Å². The van der Waals surface area contributed by atoms with Crippen LogP contribution in [0.15, 0.2) is 194 Å². The van der Waals surface area contributed by atoms with E-state index >= 15 is 0 Å². The summed E-state index contributed by atoms with van der Waals surface area (Å²) >= 11 is 7.43. The lowest BCUT2D eigenvalue weighted by Crippen LogP contribution is -2.04. The van der Waals surface area contributed by atoms with Crippen molar-refractivity contribution in [3.8, 4) is 55.6 Å². The highest BCUT2D eigenvalue weighted by molar-refractivity contribution is 7.27. The molecule has 4 N–H and O–H groups in total. The first-order valence-corrected chi connectivity index (χ1v) is 25.3. The van der Waals surface area contributed by atoms with Crippen LogP contribution in [0.3, 0.4) is 0 Å². The molecule has 0 unspecified atom stereocenters. The topological polar surface area (TPSA) is 52.0 Å². The largest absolute Gasteiger partial charge is 0.399 e. The van der Waals surface area contributed by atoms with Crippen molar-refractivity contribution in [3.63, 3.8) is 0 Å². The van der Waals surface area contributed by atoms with Crippen molar-refractivity contribution in [2.24, 2.45) is 0 Å². The van der Waals surface area contributed by atoms with Gasteiger partial charge in [-0.25, -0.2) is 0 Å². The third-order valence-electron chi connectivity index (χ3n) is 13.4. The van der Waals surface area contributed by atoms with Gasteiger partial charge in [-0.2, -0.15) is 0 Å². The first kappa shape index (κ1) is 38.0. The van der Waals surface area contributed by atoms with Crippen LogP contribution in [0, 0.1) is 0 Å². The van der Waals surface area contributed by atoms with Crippen LogP contribution in [0.5, 0.6) is 0 Å². The molecule has 14 rings (SSSR count). The zero-order valence-electron chi connectivity index (χ0n) is 35.3. The van der Waals surface area contributed by atoms with Gasteiger partial charge in [-0.15, -0.1) is 45.3 Å². The summed E-state index contributed by atoms with van der Waals surface area (Å²) in [5, 5.41) is 10.00. The van der Waals surface area contributed by atoms with Crippen LogP contribution < -0.4 is 11.5 Å². The van der Waals surface area contributed by atoms with E-state index in [0.717, 1.165) is 67.0 Å². The summed E-state index contributed by atoms with van der Waals surface area (Å²) in [6.07, 6.45) is 0. The van der Waals surface area contributed by atoms with Crippen molar-refractivity contribution < 1.29 is 0 Å². The fourth-order valence-corrected chi connectivity index (χ4v) is 15.5. The Morgan fingerprint density at radius 2 is 0.530 bits per heavy atom. The third-order valence-corrected chi connectivity index (χ3v) is 18.3. The van der Waals surface area contributed by atoms with Crippen LogP contribution in [-0.2, 0) is 0 Å². The van der Waals surface area contributed by atoms with Crippen LogP contribution in [0.25, 0.3) is 136 Å². The van der Waals surface area contributed by atoms with Crippen LogP contribution in [0.2, 0.25) is 0 Å². The average molecular weight is 913 g/mol.